The van der Waals surface area contributed by atoms with E-state index < -0.39 is 0 Å². The highest BCUT2D eigenvalue weighted by atomic mass is 32.2. The zero-order valence-electron chi connectivity index (χ0n) is 19.3. The van der Waals surface area contributed by atoms with Crippen LogP contribution < -0.4 is 0 Å². The molecule has 0 saturated carbocycles. The number of carbonyl (C=O) groups is 2. The van der Waals surface area contributed by atoms with Crippen molar-refractivity contribution in [1.29, 1.82) is 0 Å². The van der Waals surface area contributed by atoms with Crippen LogP contribution in [0.25, 0.3) is 11.0 Å². The maximum Gasteiger partial charge on any atom is 0.309 e. The Labute approximate surface area is 199 Å². The summed E-state index contributed by atoms with van der Waals surface area (Å²) in [6.45, 7) is 6.17. The number of carbonyl (C=O) groups excluding carboxylic acids is 2. The number of aromatic nitrogens is 2. The van der Waals surface area contributed by atoms with Crippen molar-refractivity contribution in [2.75, 3.05) is 19.7 Å². The van der Waals surface area contributed by atoms with Gasteiger partial charge in [0.1, 0.15) is 0 Å². The normalized spacial score (nSPS) is 15.5. The van der Waals surface area contributed by atoms with E-state index in [1.54, 1.807) is 0 Å². The van der Waals surface area contributed by atoms with Gasteiger partial charge >= 0.3 is 5.97 Å². The fourth-order valence-corrected chi connectivity index (χ4v) is 5.34. The van der Waals surface area contributed by atoms with Crippen molar-refractivity contribution in [3.8, 4) is 0 Å². The number of aryl methyl sites for hydroxylation is 2. The number of likely N-dealkylation sites (tertiary alicyclic amines) is 1. The van der Waals surface area contributed by atoms with Crippen molar-refractivity contribution in [2.24, 2.45) is 5.92 Å². The minimum Gasteiger partial charge on any atom is -0.466 e. The smallest absolute Gasteiger partial charge is 0.309 e. The molecule has 4 rings (SSSR count). The van der Waals surface area contributed by atoms with Crippen molar-refractivity contribution in [1.82, 2.24) is 14.5 Å². The van der Waals surface area contributed by atoms with E-state index in [-0.39, 0.29) is 23.0 Å². The van der Waals surface area contributed by atoms with Gasteiger partial charge in [0.25, 0.3) is 0 Å². The summed E-state index contributed by atoms with van der Waals surface area (Å²) in [5.41, 5.74) is 3.31. The molecule has 0 bridgehead atoms. The molecule has 2 aromatic carbocycles. The Kier molecular flexibility index (Phi) is 7.70. The number of hydrogen-bond acceptors (Lipinski definition) is 5. The van der Waals surface area contributed by atoms with Crippen LogP contribution in [0.15, 0.2) is 59.8 Å². The SMILES string of the molecule is CCOC(=O)C1CCN(C(=O)C(C)Sc2nc3ccccc3n2CCc2ccccc2)CC1. The molecule has 0 N–H and O–H groups in total. The molecule has 1 saturated heterocycles. The second kappa shape index (κ2) is 10.9. The van der Waals surface area contributed by atoms with E-state index in [1.165, 1.54) is 17.3 Å². The molecule has 1 fully saturated rings. The van der Waals surface area contributed by atoms with Crippen LogP contribution in [-0.4, -0.2) is 51.3 Å². The van der Waals surface area contributed by atoms with Crippen LogP contribution in [0.2, 0.25) is 0 Å². The first-order valence-corrected chi connectivity index (χ1v) is 12.6. The first-order chi connectivity index (χ1) is 16.1. The summed E-state index contributed by atoms with van der Waals surface area (Å²) >= 11 is 1.52. The van der Waals surface area contributed by atoms with E-state index in [9.17, 15) is 9.59 Å². The fraction of sp³-hybridized carbons (Fsp3) is 0.423. The van der Waals surface area contributed by atoms with Crippen molar-refractivity contribution in [2.45, 2.75) is 50.1 Å². The van der Waals surface area contributed by atoms with Crippen LogP contribution in [0, 0.1) is 5.92 Å². The number of fused-ring (bicyclic) bond motifs is 1. The van der Waals surface area contributed by atoms with E-state index in [1.807, 2.05) is 43.0 Å². The average molecular weight is 466 g/mol. The summed E-state index contributed by atoms with van der Waals surface area (Å²) in [6, 6.07) is 18.5. The van der Waals surface area contributed by atoms with Crippen molar-refractivity contribution >= 4 is 34.7 Å². The zero-order chi connectivity index (χ0) is 23.2. The lowest BCUT2D eigenvalue weighted by Crippen LogP contribution is -2.43. The number of hydrogen-bond donors (Lipinski definition) is 0. The standard InChI is InChI=1S/C26H31N3O3S/c1-3-32-25(31)21-14-16-28(17-15-21)24(30)19(2)33-26-27-22-11-7-8-12-23(22)29(26)18-13-20-9-5-4-6-10-20/h4-12,19,21H,3,13-18H2,1-2H3. The number of esters is 1. The molecule has 0 aliphatic carbocycles. The number of piperidine rings is 1. The molecule has 1 aliphatic heterocycles. The van der Waals surface area contributed by atoms with Gasteiger partial charge in [-0.3, -0.25) is 9.59 Å². The number of imidazole rings is 1. The quantitative estimate of drug-likeness (QED) is 0.360. The van der Waals surface area contributed by atoms with E-state index >= 15 is 0 Å². The van der Waals surface area contributed by atoms with E-state index in [0.717, 1.165) is 29.2 Å². The fourth-order valence-electron chi connectivity index (χ4n) is 4.31. The molecule has 1 amide bonds. The molecule has 33 heavy (non-hydrogen) atoms. The predicted octanol–water partition coefficient (Wildman–Crippen LogP) is 4.56. The molecule has 1 atom stereocenters. The van der Waals surface area contributed by atoms with Crippen molar-refractivity contribution < 1.29 is 14.3 Å². The molecule has 6 nitrogen and oxygen atoms in total. The summed E-state index contributed by atoms with van der Waals surface area (Å²) in [6.07, 6.45) is 2.23. The van der Waals surface area contributed by atoms with Crippen LogP contribution in [0.1, 0.15) is 32.3 Å². The van der Waals surface area contributed by atoms with Crippen LogP contribution in [-0.2, 0) is 27.3 Å². The third-order valence-electron chi connectivity index (χ3n) is 6.14. The molecule has 3 aromatic rings. The van der Waals surface area contributed by atoms with Gasteiger partial charge in [-0.15, -0.1) is 0 Å². The lowest BCUT2D eigenvalue weighted by atomic mass is 9.97. The number of nitrogens with zero attached hydrogens (tertiary/aromatic N) is 3. The van der Waals surface area contributed by atoms with Gasteiger partial charge in [0, 0.05) is 19.6 Å². The van der Waals surface area contributed by atoms with Crippen LogP contribution in [0.3, 0.4) is 0 Å². The molecule has 1 unspecified atom stereocenters. The van der Waals surface area contributed by atoms with E-state index in [2.05, 4.69) is 34.9 Å². The first-order valence-electron chi connectivity index (χ1n) is 11.7. The van der Waals surface area contributed by atoms with E-state index in [4.69, 9.17) is 9.72 Å². The highest BCUT2D eigenvalue weighted by Crippen LogP contribution is 2.29. The zero-order valence-corrected chi connectivity index (χ0v) is 20.1. The molecule has 1 aliphatic rings. The van der Waals surface area contributed by atoms with Gasteiger partial charge in [0.2, 0.25) is 5.91 Å². The second-order valence-electron chi connectivity index (χ2n) is 8.38. The summed E-state index contributed by atoms with van der Waals surface area (Å²) in [5, 5.41) is 0.617. The summed E-state index contributed by atoms with van der Waals surface area (Å²) in [4.78, 5) is 31.9. The Morgan fingerprint density at radius 3 is 2.52 bits per heavy atom. The van der Waals surface area contributed by atoms with Gasteiger partial charge in [0.05, 0.1) is 28.8 Å². The van der Waals surface area contributed by atoms with Crippen LogP contribution >= 0.6 is 11.8 Å². The number of thioether (sulfide) groups is 1. The Morgan fingerprint density at radius 2 is 1.79 bits per heavy atom. The summed E-state index contributed by atoms with van der Waals surface area (Å²) in [7, 11) is 0. The third-order valence-corrected chi connectivity index (χ3v) is 7.22. The van der Waals surface area contributed by atoms with Crippen LogP contribution in [0.4, 0.5) is 0 Å². The molecular formula is C26H31N3O3S. The lowest BCUT2D eigenvalue weighted by Gasteiger charge is -2.32. The number of benzene rings is 2. The number of para-hydroxylation sites is 2. The molecule has 2 heterocycles. The minimum atomic E-state index is -0.253. The number of rotatable bonds is 8. The Balaban J connectivity index is 1.43. The molecule has 7 heteroatoms. The monoisotopic (exact) mass is 465 g/mol. The molecular weight excluding hydrogens is 434 g/mol. The third kappa shape index (κ3) is 5.58. The number of ether oxygens (including phenoxy) is 1. The average Bonchev–Trinajstić information content (AvgIpc) is 3.20. The Hall–Kier alpha value is -2.80. The molecule has 174 valence electrons. The van der Waals surface area contributed by atoms with Gasteiger partial charge < -0.3 is 14.2 Å². The van der Waals surface area contributed by atoms with Gasteiger partial charge in [-0.2, -0.15) is 0 Å². The largest absolute Gasteiger partial charge is 0.466 e. The summed E-state index contributed by atoms with van der Waals surface area (Å²) < 4.78 is 7.37. The summed E-state index contributed by atoms with van der Waals surface area (Å²) in [5.74, 6) is -0.137. The Bertz CT molecular complexity index is 1090. The first kappa shape index (κ1) is 23.4. The van der Waals surface area contributed by atoms with Gasteiger partial charge in [-0.05, 0) is 50.8 Å². The predicted molar refractivity (Wildman–Crippen MR) is 131 cm³/mol. The molecule has 1 aromatic heterocycles. The minimum absolute atomic E-state index is 0.0980. The second-order valence-corrected chi connectivity index (χ2v) is 9.69. The maximum absolute atomic E-state index is 13.2. The molecule has 0 spiro atoms. The topological polar surface area (TPSA) is 64.4 Å². The van der Waals surface area contributed by atoms with Crippen molar-refractivity contribution in [3.05, 3.63) is 60.2 Å². The van der Waals surface area contributed by atoms with Gasteiger partial charge in [0.15, 0.2) is 5.16 Å². The highest BCUT2D eigenvalue weighted by Gasteiger charge is 2.31. The maximum atomic E-state index is 13.2. The van der Waals surface area contributed by atoms with Gasteiger partial charge in [-0.1, -0.05) is 54.2 Å². The Morgan fingerprint density at radius 1 is 1.09 bits per heavy atom. The van der Waals surface area contributed by atoms with Gasteiger partial charge in [-0.25, -0.2) is 4.98 Å². The lowest BCUT2D eigenvalue weighted by molar-refractivity contribution is -0.151. The van der Waals surface area contributed by atoms with E-state index in [0.29, 0.717) is 32.5 Å². The van der Waals surface area contributed by atoms with Crippen molar-refractivity contribution in [3.63, 3.8) is 0 Å². The number of amides is 1. The molecule has 0 radical (unpaired) electrons. The highest BCUT2D eigenvalue weighted by molar-refractivity contribution is 8.00. The van der Waals surface area contributed by atoms with Crippen LogP contribution in [0.5, 0.6) is 0 Å².